The number of aliphatic hydroxyl groups excluding tert-OH is 1. The van der Waals surface area contributed by atoms with Gasteiger partial charge < -0.3 is 15.1 Å². The Morgan fingerprint density at radius 1 is 1.56 bits per heavy atom. The molecular weight excluding hydrogens is 208 g/mol. The second-order valence-electron chi connectivity index (χ2n) is 3.85. The van der Waals surface area contributed by atoms with Gasteiger partial charge >= 0.3 is 0 Å². The molecule has 0 bridgehead atoms. The maximum absolute atomic E-state index is 12.1. The monoisotopic (exact) mass is 222 g/mol. The molecule has 0 radical (unpaired) electrons. The van der Waals surface area contributed by atoms with Crippen LogP contribution in [-0.2, 0) is 0 Å². The molecule has 1 aliphatic carbocycles. The van der Waals surface area contributed by atoms with E-state index >= 15 is 0 Å². The molecule has 1 aromatic rings. The Kier molecular flexibility index (Phi) is 3.05. The first-order valence-corrected chi connectivity index (χ1v) is 5.29. The van der Waals surface area contributed by atoms with Crippen LogP contribution in [0.25, 0.3) is 0 Å². The molecule has 0 spiro atoms. The van der Waals surface area contributed by atoms with Crippen LogP contribution in [0, 0.1) is 0 Å². The highest BCUT2D eigenvalue weighted by atomic mass is 16.3. The largest absolute Gasteiger partial charge is 0.505 e. The molecule has 2 N–H and O–H groups in total. The minimum atomic E-state index is -0.239. The molecule has 1 fully saturated rings. The first-order chi connectivity index (χ1) is 7.74. The molecule has 5 nitrogen and oxygen atoms in total. The van der Waals surface area contributed by atoms with Crippen molar-refractivity contribution >= 4 is 5.91 Å². The van der Waals surface area contributed by atoms with Gasteiger partial charge in [0.25, 0.3) is 5.91 Å². The third-order valence-electron chi connectivity index (χ3n) is 2.62. The Morgan fingerprint density at radius 3 is 2.88 bits per heavy atom. The summed E-state index contributed by atoms with van der Waals surface area (Å²) in [7, 11) is 0. The summed E-state index contributed by atoms with van der Waals surface area (Å²) in [6.45, 7) is 0.249. The summed E-state index contributed by atoms with van der Waals surface area (Å²) in [5.41, 5.74) is 0.246. The molecule has 1 aromatic heterocycles. The van der Waals surface area contributed by atoms with Crippen LogP contribution in [0.2, 0.25) is 0 Å². The fourth-order valence-corrected chi connectivity index (χ4v) is 1.67. The van der Waals surface area contributed by atoms with Crippen molar-refractivity contribution in [2.24, 2.45) is 0 Å². The molecule has 2 rings (SSSR count). The van der Waals surface area contributed by atoms with E-state index in [1.54, 1.807) is 4.90 Å². The maximum atomic E-state index is 12.1. The van der Waals surface area contributed by atoms with Crippen molar-refractivity contribution < 1.29 is 15.0 Å². The van der Waals surface area contributed by atoms with E-state index in [4.69, 9.17) is 5.11 Å². The van der Waals surface area contributed by atoms with Crippen molar-refractivity contribution in [3.05, 3.63) is 24.0 Å². The standard InChI is InChI=1S/C11H14N2O3/c14-6-5-13(8-1-2-8)11(16)9-3-4-12-7-10(9)15/h3-4,7-8,14-15H,1-2,5-6H2. The van der Waals surface area contributed by atoms with E-state index in [2.05, 4.69) is 4.98 Å². The molecule has 5 heteroatoms. The van der Waals surface area contributed by atoms with Crippen LogP contribution >= 0.6 is 0 Å². The van der Waals surface area contributed by atoms with Gasteiger partial charge in [0.15, 0.2) is 0 Å². The van der Waals surface area contributed by atoms with Crippen LogP contribution in [-0.4, -0.2) is 45.2 Å². The van der Waals surface area contributed by atoms with E-state index in [-0.39, 0.29) is 29.9 Å². The third-order valence-corrected chi connectivity index (χ3v) is 2.62. The molecule has 0 aromatic carbocycles. The van der Waals surface area contributed by atoms with Crippen LogP contribution in [0.1, 0.15) is 23.2 Å². The zero-order chi connectivity index (χ0) is 11.5. The molecule has 16 heavy (non-hydrogen) atoms. The lowest BCUT2D eigenvalue weighted by Gasteiger charge is -2.21. The summed E-state index contributed by atoms with van der Waals surface area (Å²) >= 11 is 0. The van der Waals surface area contributed by atoms with E-state index < -0.39 is 0 Å². The highest BCUT2D eigenvalue weighted by Crippen LogP contribution is 2.29. The highest BCUT2D eigenvalue weighted by molar-refractivity contribution is 5.97. The molecule has 1 saturated carbocycles. The molecule has 1 aliphatic rings. The summed E-state index contributed by atoms with van der Waals surface area (Å²) in [6, 6.07) is 1.71. The van der Waals surface area contributed by atoms with E-state index in [9.17, 15) is 9.90 Å². The molecule has 0 aliphatic heterocycles. The number of carbonyl (C=O) groups excluding carboxylic acids is 1. The minimum Gasteiger partial charge on any atom is -0.505 e. The van der Waals surface area contributed by atoms with Gasteiger partial charge in [-0.15, -0.1) is 0 Å². The van der Waals surface area contributed by atoms with Crippen molar-refractivity contribution in [3.63, 3.8) is 0 Å². The minimum absolute atomic E-state index is 0.0614. The van der Waals surface area contributed by atoms with Crippen molar-refractivity contribution in [1.29, 1.82) is 0 Å². The Balaban J connectivity index is 2.19. The molecule has 1 amide bonds. The van der Waals surface area contributed by atoms with Gasteiger partial charge in [0, 0.05) is 18.8 Å². The summed E-state index contributed by atoms with van der Waals surface area (Å²) < 4.78 is 0. The topological polar surface area (TPSA) is 73.7 Å². The summed E-state index contributed by atoms with van der Waals surface area (Å²) in [4.78, 5) is 17.4. The second kappa shape index (κ2) is 4.49. The quantitative estimate of drug-likeness (QED) is 0.772. The lowest BCUT2D eigenvalue weighted by molar-refractivity contribution is 0.0704. The Morgan fingerprint density at radius 2 is 2.31 bits per heavy atom. The third kappa shape index (κ3) is 2.14. The Bertz CT molecular complexity index is 391. The van der Waals surface area contributed by atoms with E-state index in [1.807, 2.05) is 0 Å². The number of amides is 1. The second-order valence-corrected chi connectivity index (χ2v) is 3.85. The molecule has 0 saturated heterocycles. The van der Waals surface area contributed by atoms with Crippen molar-refractivity contribution in [3.8, 4) is 5.75 Å². The normalized spacial score (nSPS) is 14.8. The fourth-order valence-electron chi connectivity index (χ4n) is 1.67. The number of hydrogen-bond acceptors (Lipinski definition) is 4. The van der Waals surface area contributed by atoms with Crippen LogP contribution in [0.15, 0.2) is 18.5 Å². The van der Waals surface area contributed by atoms with Gasteiger partial charge in [0.2, 0.25) is 0 Å². The number of nitrogens with zero attached hydrogens (tertiary/aromatic N) is 2. The van der Waals surface area contributed by atoms with Gasteiger partial charge in [0.1, 0.15) is 5.75 Å². The van der Waals surface area contributed by atoms with Gasteiger partial charge in [-0.3, -0.25) is 9.78 Å². The zero-order valence-corrected chi connectivity index (χ0v) is 8.83. The van der Waals surface area contributed by atoms with Crippen molar-refractivity contribution in [2.75, 3.05) is 13.2 Å². The van der Waals surface area contributed by atoms with Crippen LogP contribution in [0.5, 0.6) is 5.75 Å². The van der Waals surface area contributed by atoms with Gasteiger partial charge in [-0.2, -0.15) is 0 Å². The van der Waals surface area contributed by atoms with Gasteiger partial charge in [-0.05, 0) is 18.9 Å². The lowest BCUT2D eigenvalue weighted by Crippen LogP contribution is -2.35. The average molecular weight is 222 g/mol. The van der Waals surface area contributed by atoms with Crippen LogP contribution < -0.4 is 0 Å². The predicted molar refractivity (Wildman–Crippen MR) is 57.0 cm³/mol. The number of carbonyl (C=O) groups is 1. The number of aliphatic hydroxyl groups is 1. The van der Waals surface area contributed by atoms with Gasteiger partial charge in [-0.25, -0.2) is 0 Å². The first kappa shape index (κ1) is 10.9. The summed E-state index contributed by atoms with van der Waals surface area (Å²) in [6.07, 6.45) is 4.66. The van der Waals surface area contributed by atoms with E-state index in [1.165, 1.54) is 18.5 Å². The van der Waals surface area contributed by atoms with Gasteiger partial charge in [0.05, 0.1) is 18.4 Å². The van der Waals surface area contributed by atoms with Crippen molar-refractivity contribution in [2.45, 2.75) is 18.9 Å². The predicted octanol–water partition coefficient (Wildman–Crippen LogP) is 0.384. The Hall–Kier alpha value is -1.62. The fraction of sp³-hybridized carbons (Fsp3) is 0.455. The number of pyridine rings is 1. The maximum Gasteiger partial charge on any atom is 0.258 e. The highest BCUT2D eigenvalue weighted by Gasteiger charge is 2.33. The van der Waals surface area contributed by atoms with E-state index in [0.717, 1.165) is 12.8 Å². The van der Waals surface area contributed by atoms with Gasteiger partial charge in [-0.1, -0.05) is 0 Å². The first-order valence-electron chi connectivity index (χ1n) is 5.29. The molecule has 0 unspecified atom stereocenters. The number of aromatic nitrogens is 1. The molecule has 1 heterocycles. The van der Waals surface area contributed by atoms with Crippen molar-refractivity contribution in [1.82, 2.24) is 9.88 Å². The van der Waals surface area contributed by atoms with E-state index in [0.29, 0.717) is 6.54 Å². The Labute approximate surface area is 93.3 Å². The molecule has 0 atom stereocenters. The summed E-state index contributed by atoms with van der Waals surface area (Å²) in [5, 5.41) is 18.4. The smallest absolute Gasteiger partial charge is 0.258 e. The van der Waals surface area contributed by atoms with Crippen LogP contribution in [0.4, 0.5) is 0 Å². The lowest BCUT2D eigenvalue weighted by atomic mass is 10.2. The van der Waals surface area contributed by atoms with Crippen LogP contribution in [0.3, 0.4) is 0 Å². The number of hydrogen-bond donors (Lipinski definition) is 2. The SMILES string of the molecule is O=C(c1ccncc1O)N(CCO)C1CC1. The number of rotatable bonds is 4. The summed E-state index contributed by atoms with van der Waals surface area (Å²) in [5.74, 6) is -0.354. The molecule has 86 valence electrons. The number of aromatic hydroxyl groups is 1. The zero-order valence-electron chi connectivity index (χ0n) is 8.83. The average Bonchev–Trinajstić information content (AvgIpc) is 3.09. The molecular formula is C11H14N2O3.